The van der Waals surface area contributed by atoms with Crippen LogP contribution in [-0.2, 0) is 6.42 Å². The van der Waals surface area contributed by atoms with Gasteiger partial charge in [0.05, 0.1) is 0 Å². The first kappa shape index (κ1) is 15.8. The van der Waals surface area contributed by atoms with Gasteiger partial charge in [-0.05, 0) is 61.7 Å². The molecule has 2 N–H and O–H groups in total. The van der Waals surface area contributed by atoms with E-state index in [4.69, 9.17) is 22.1 Å². The first-order valence-corrected chi connectivity index (χ1v) is 7.32. The number of aryl methyl sites for hydroxylation is 2. The molecule has 4 heteroatoms. The smallest absolute Gasteiger partial charge is 0.132 e. The van der Waals surface area contributed by atoms with Crippen molar-refractivity contribution in [3.8, 4) is 11.5 Å². The molecule has 0 unspecified atom stereocenters. The zero-order chi connectivity index (χ0) is 15.6. The first-order valence-electron chi connectivity index (χ1n) is 6.94. The Bertz CT molecular complexity index is 655. The van der Waals surface area contributed by atoms with Gasteiger partial charge >= 0.3 is 0 Å². The van der Waals surface area contributed by atoms with Crippen LogP contribution in [0.25, 0.3) is 0 Å². The molecule has 0 bridgehead atoms. The molecule has 0 aromatic heterocycles. The molecule has 2 aromatic carbocycles. The monoisotopic (exact) mass is 307 g/mol. The van der Waals surface area contributed by atoms with Crippen molar-refractivity contribution in [2.75, 3.05) is 0 Å². The normalized spacial score (nSPS) is 12.3. The summed E-state index contributed by atoms with van der Waals surface area (Å²) < 4.78 is 19.6. The Morgan fingerprint density at radius 2 is 2.00 bits per heavy atom. The maximum atomic E-state index is 13.7. The molecular formula is C17H19ClFNO. The number of halogens is 2. The molecule has 0 spiro atoms. The summed E-state index contributed by atoms with van der Waals surface area (Å²) in [5.74, 6) is 0.970. The van der Waals surface area contributed by atoms with Crippen molar-refractivity contribution in [2.24, 2.45) is 5.73 Å². The van der Waals surface area contributed by atoms with Crippen LogP contribution in [0.3, 0.4) is 0 Å². The molecule has 0 fully saturated rings. The molecule has 2 aromatic rings. The molecular weight excluding hydrogens is 289 g/mol. The quantitative estimate of drug-likeness (QED) is 0.846. The molecule has 0 aliphatic carbocycles. The van der Waals surface area contributed by atoms with E-state index in [0.717, 1.165) is 12.0 Å². The van der Waals surface area contributed by atoms with Crippen LogP contribution in [0.4, 0.5) is 4.39 Å². The summed E-state index contributed by atoms with van der Waals surface area (Å²) in [4.78, 5) is 0. The SMILES string of the molecule is CCc1cc(Oc2cc(C)c(F)cc2[C@H](C)N)ccc1Cl. The van der Waals surface area contributed by atoms with Gasteiger partial charge in [0.1, 0.15) is 17.3 Å². The van der Waals surface area contributed by atoms with Gasteiger partial charge in [-0.3, -0.25) is 0 Å². The van der Waals surface area contributed by atoms with Crippen LogP contribution in [0, 0.1) is 12.7 Å². The van der Waals surface area contributed by atoms with Crippen LogP contribution in [0.1, 0.15) is 36.6 Å². The van der Waals surface area contributed by atoms with Crippen LogP contribution in [0.2, 0.25) is 5.02 Å². The maximum Gasteiger partial charge on any atom is 0.132 e. The van der Waals surface area contributed by atoms with E-state index in [1.54, 1.807) is 32.0 Å². The van der Waals surface area contributed by atoms with Crippen molar-refractivity contribution in [1.29, 1.82) is 0 Å². The fourth-order valence-electron chi connectivity index (χ4n) is 2.13. The minimum absolute atomic E-state index is 0.278. The third kappa shape index (κ3) is 3.55. The van der Waals surface area contributed by atoms with Gasteiger partial charge in [0.2, 0.25) is 0 Å². The van der Waals surface area contributed by atoms with Crippen molar-refractivity contribution in [1.82, 2.24) is 0 Å². The Morgan fingerprint density at radius 1 is 1.29 bits per heavy atom. The predicted molar refractivity (Wildman–Crippen MR) is 84.6 cm³/mol. The van der Waals surface area contributed by atoms with E-state index >= 15 is 0 Å². The lowest BCUT2D eigenvalue weighted by Gasteiger charge is -2.16. The Hall–Kier alpha value is -1.58. The maximum absolute atomic E-state index is 13.7. The van der Waals surface area contributed by atoms with Gasteiger partial charge in [-0.2, -0.15) is 0 Å². The zero-order valence-electron chi connectivity index (χ0n) is 12.4. The molecule has 0 amide bonds. The number of nitrogens with two attached hydrogens (primary N) is 1. The number of hydrogen-bond donors (Lipinski definition) is 1. The van der Waals surface area contributed by atoms with Crippen LogP contribution in [-0.4, -0.2) is 0 Å². The van der Waals surface area contributed by atoms with Gasteiger partial charge in [0, 0.05) is 16.6 Å². The van der Waals surface area contributed by atoms with E-state index in [9.17, 15) is 4.39 Å². The van der Waals surface area contributed by atoms with Crippen molar-refractivity contribution >= 4 is 11.6 Å². The highest BCUT2D eigenvalue weighted by molar-refractivity contribution is 6.31. The first-order chi connectivity index (χ1) is 9.92. The predicted octanol–water partition coefficient (Wildman–Crippen LogP) is 5.16. The summed E-state index contributed by atoms with van der Waals surface area (Å²) in [5.41, 5.74) is 8.08. The second kappa shape index (κ2) is 6.46. The summed E-state index contributed by atoms with van der Waals surface area (Å²) in [5, 5.41) is 0.715. The van der Waals surface area contributed by atoms with E-state index in [2.05, 4.69) is 0 Å². The minimum atomic E-state index is -0.312. The van der Waals surface area contributed by atoms with E-state index in [-0.39, 0.29) is 11.9 Å². The fraction of sp³-hybridized carbons (Fsp3) is 0.294. The lowest BCUT2D eigenvalue weighted by Crippen LogP contribution is -2.08. The fourth-order valence-corrected chi connectivity index (χ4v) is 2.38. The minimum Gasteiger partial charge on any atom is -0.457 e. The largest absolute Gasteiger partial charge is 0.457 e. The lowest BCUT2D eigenvalue weighted by atomic mass is 10.0. The molecule has 0 heterocycles. The van der Waals surface area contributed by atoms with Crippen LogP contribution in [0.5, 0.6) is 11.5 Å². The second-order valence-corrected chi connectivity index (χ2v) is 5.54. The molecule has 0 aliphatic heterocycles. The third-order valence-electron chi connectivity index (χ3n) is 3.41. The van der Waals surface area contributed by atoms with Crippen molar-refractivity contribution < 1.29 is 9.13 Å². The highest BCUT2D eigenvalue weighted by atomic mass is 35.5. The molecule has 112 valence electrons. The number of hydrogen-bond acceptors (Lipinski definition) is 2. The Kier molecular flexibility index (Phi) is 4.86. The van der Waals surface area contributed by atoms with E-state index in [1.807, 2.05) is 13.0 Å². The van der Waals surface area contributed by atoms with Crippen molar-refractivity contribution in [2.45, 2.75) is 33.2 Å². The van der Waals surface area contributed by atoms with Crippen molar-refractivity contribution in [3.63, 3.8) is 0 Å². The summed E-state index contributed by atoms with van der Waals surface area (Å²) in [7, 11) is 0. The summed E-state index contributed by atoms with van der Waals surface area (Å²) in [6.45, 7) is 5.53. The van der Waals surface area contributed by atoms with Gasteiger partial charge in [-0.1, -0.05) is 18.5 Å². The molecule has 2 nitrogen and oxygen atoms in total. The molecule has 1 atom stereocenters. The lowest BCUT2D eigenvalue weighted by molar-refractivity contribution is 0.467. The van der Waals surface area contributed by atoms with E-state index in [0.29, 0.717) is 27.6 Å². The zero-order valence-corrected chi connectivity index (χ0v) is 13.2. The van der Waals surface area contributed by atoms with Crippen molar-refractivity contribution in [3.05, 3.63) is 57.9 Å². The molecule has 0 aliphatic rings. The van der Waals surface area contributed by atoms with Gasteiger partial charge in [-0.15, -0.1) is 0 Å². The number of rotatable bonds is 4. The van der Waals surface area contributed by atoms with Crippen LogP contribution in [0.15, 0.2) is 30.3 Å². The summed E-state index contributed by atoms with van der Waals surface area (Å²) in [6, 6.07) is 8.29. The van der Waals surface area contributed by atoms with Crippen LogP contribution < -0.4 is 10.5 Å². The Balaban J connectivity index is 2.41. The van der Waals surface area contributed by atoms with E-state index in [1.165, 1.54) is 6.07 Å². The molecule has 2 rings (SSSR count). The second-order valence-electron chi connectivity index (χ2n) is 5.14. The number of ether oxygens (including phenoxy) is 1. The van der Waals surface area contributed by atoms with E-state index < -0.39 is 0 Å². The summed E-state index contributed by atoms with van der Waals surface area (Å²) in [6.07, 6.45) is 0.818. The third-order valence-corrected chi connectivity index (χ3v) is 3.78. The average molecular weight is 308 g/mol. The highest BCUT2D eigenvalue weighted by Crippen LogP contribution is 2.32. The standard InChI is InChI=1S/C17H19ClFNO/c1-4-12-8-13(5-6-15(12)18)21-17-7-10(2)16(19)9-14(17)11(3)20/h5-9,11H,4,20H2,1-3H3/t11-/m0/s1. The molecule has 0 radical (unpaired) electrons. The topological polar surface area (TPSA) is 35.2 Å². The number of benzene rings is 2. The Morgan fingerprint density at radius 3 is 2.62 bits per heavy atom. The van der Waals surface area contributed by atoms with Gasteiger partial charge in [0.15, 0.2) is 0 Å². The molecule has 21 heavy (non-hydrogen) atoms. The van der Waals surface area contributed by atoms with Gasteiger partial charge < -0.3 is 10.5 Å². The molecule has 0 saturated carbocycles. The molecule has 0 saturated heterocycles. The van der Waals surface area contributed by atoms with Gasteiger partial charge in [-0.25, -0.2) is 4.39 Å². The Labute approximate surface area is 129 Å². The average Bonchev–Trinajstić information content (AvgIpc) is 2.44. The van der Waals surface area contributed by atoms with Crippen LogP contribution >= 0.6 is 11.6 Å². The summed E-state index contributed by atoms with van der Waals surface area (Å²) >= 11 is 6.10. The highest BCUT2D eigenvalue weighted by Gasteiger charge is 2.13. The van der Waals surface area contributed by atoms with Gasteiger partial charge in [0.25, 0.3) is 0 Å².